The molecule has 2 bridgehead atoms. The highest BCUT2D eigenvalue weighted by molar-refractivity contribution is 7.80. The Morgan fingerprint density at radius 2 is 1.47 bits per heavy atom. The molecular weight excluding hydrogens is 262 g/mol. The fourth-order valence-electron chi connectivity index (χ4n) is 3.16. The molecule has 2 fully saturated rings. The lowest BCUT2D eigenvalue weighted by Crippen LogP contribution is -2.34. The summed E-state index contributed by atoms with van der Waals surface area (Å²) in [5, 5.41) is 0. The van der Waals surface area contributed by atoms with Gasteiger partial charge in [0.15, 0.2) is 0 Å². The molecule has 19 heavy (non-hydrogen) atoms. The second-order valence-corrected chi connectivity index (χ2v) is 5.55. The monoisotopic (exact) mass is 273 g/mol. The Morgan fingerprint density at radius 1 is 0.947 bits per heavy atom. The van der Waals surface area contributed by atoms with Gasteiger partial charge in [0.1, 0.15) is 0 Å². The molecule has 96 valence electrons. The van der Waals surface area contributed by atoms with Gasteiger partial charge in [0.05, 0.1) is 29.7 Å². The van der Waals surface area contributed by atoms with E-state index in [9.17, 15) is 9.59 Å². The maximum Gasteiger partial charge on any atom is 0.240 e. The van der Waals surface area contributed by atoms with Crippen LogP contribution in [0.1, 0.15) is 0 Å². The lowest BCUT2D eigenvalue weighted by molar-refractivity contribution is -0.124. The van der Waals surface area contributed by atoms with Gasteiger partial charge in [-0.05, 0) is 24.3 Å². The zero-order valence-corrected chi connectivity index (χ0v) is 10.8. The number of carbonyl (C=O) groups excluding carboxylic acids is 2. The first kappa shape index (κ1) is 11.3. The Balaban J connectivity index is 1.74. The van der Waals surface area contributed by atoms with Gasteiger partial charge in [0.2, 0.25) is 11.8 Å². The molecule has 3 heterocycles. The summed E-state index contributed by atoms with van der Waals surface area (Å²) in [6.45, 7) is 0. The van der Waals surface area contributed by atoms with E-state index in [1.807, 2.05) is 12.2 Å². The molecule has 0 saturated carbocycles. The average molecular weight is 273 g/mol. The summed E-state index contributed by atoms with van der Waals surface area (Å²) < 4.78 is 5.59. The molecule has 3 aliphatic heterocycles. The van der Waals surface area contributed by atoms with Crippen LogP contribution in [0.3, 0.4) is 0 Å². The summed E-state index contributed by atoms with van der Waals surface area (Å²) in [5.41, 5.74) is 0.613. The van der Waals surface area contributed by atoms with Crippen LogP contribution in [-0.4, -0.2) is 24.0 Å². The number of hydrogen-bond donors (Lipinski definition) is 1. The zero-order chi connectivity index (χ0) is 13.1. The number of thiol groups is 1. The number of benzene rings is 1. The first-order chi connectivity index (χ1) is 9.16. The van der Waals surface area contributed by atoms with Crippen LogP contribution in [-0.2, 0) is 14.3 Å². The van der Waals surface area contributed by atoms with E-state index in [4.69, 9.17) is 4.74 Å². The highest BCUT2D eigenvalue weighted by Crippen LogP contribution is 2.46. The number of anilines is 1. The van der Waals surface area contributed by atoms with E-state index < -0.39 is 0 Å². The van der Waals surface area contributed by atoms with Gasteiger partial charge >= 0.3 is 0 Å². The molecule has 0 radical (unpaired) electrons. The van der Waals surface area contributed by atoms with E-state index in [1.165, 1.54) is 4.90 Å². The largest absolute Gasteiger partial charge is 0.365 e. The number of nitrogens with zero attached hydrogens (tertiary/aromatic N) is 1. The minimum atomic E-state index is -0.349. The highest BCUT2D eigenvalue weighted by atomic mass is 32.1. The number of hydrogen-bond acceptors (Lipinski definition) is 4. The van der Waals surface area contributed by atoms with Crippen molar-refractivity contribution in [1.29, 1.82) is 0 Å². The summed E-state index contributed by atoms with van der Waals surface area (Å²) in [4.78, 5) is 27.0. The lowest BCUT2D eigenvalue weighted by Gasteiger charge is -2.17. The van der Waals surface area contributed by atoms with Crippen LogP contribution in [0.5, 0.6) is 0 Å². The van der Waals surface area contributed by atoms with Gasteiger partial charge < -0.3 is 4.74 Å². The predicted molar refractivity (Wildman–Crippen MR) is 71.0 cm³/mol. The molecule has 4 rings (SSSR count). The van der Waals surface area contributed by atoms with Gasteiger partial charge in [-0.15, -0.1) is 12.6 Å². The van der Waals surface area contributed by atoms with E-state index >= 15 is 0 Å². The Hall–Kier alpha value is -1.59. The second-order valence-electron chi connectivity index (χ2n) is 5.03. The lowest BCUT2D eigenvalue weighted by atomic mass is 9.85. The number of amides is 2. The smallest absolute Gasteiger partial charge is 0.240 e. The van der Waals surface area contributed by atoms with Crippen molar-refractivity contribution in [2.24, 2.45) is 11.8 Å². The normalized spacial score (nSPS) is 35.3. The number of imide groups is 1. The summed E-state index contributed by atoms with van der Waals surface area (Å²) in [5.74, 6) is -1.01. The van der Waals surface area contributed by atoms with E-state index in [1.54, 1.807) is 24.3 Å². The fraction of sp³-hybridized carbons (Fsp3) is 0.286. The molecule has 2 amide bonds. The molecule has 3 aliphatic rings. The van der Waals surface area contributed by atoms with Crippen molar-refractivity contribution in [3.8, 4) is 0 Å². The van der Waals surface area contributed by atoms with Crippen LogP contribution in [0, 0.1) is 11.8 Å². The second kappa shape index (κ2) is 3.71. The first-order valence-electron chi connectivity index (χ1n) is 6.17. The van der Waals surface area contributed by atoms with Crippen LogP contribution < -0.4 is 4.90 Å². The van der Waals surface area contributed by atoms with Gasteiger partial charge in [-0.3, -0.25) is 9.59 Å². The van der Waals surface area contributed by atoms with Gasteiger partial charge in [-0.25, -0.2) is 4.90 Å². The van der Waals surface area contributed by atoms with Crippen LogP contribution in [0.4, 0.5) is 5.69 Å². The minimum absolute atomic E-state index is 0.154. The average Bonchev–Trinajstić information content (AvgIpc) is 3.06. The van der Waals surface area contributed by atoms with Crippen molar-refractivity contribution in [3.63, 3.8) is 0 Å². The van der Waals surface area contributed by atoms with E-state index in [-0.39, 0.29) is 35.9 Å². The van der Waals surface area contributed by atoms with Crippen LogP contribution >= 0.6 is 12.6 Å². The van der Waals surface area contributed by atoms with Crippen LogP contribution in [0.25, 0.3) is 0 Å². The van der Waals surface area contributed by atoms with E-state index in [2.05, 4.69) is 12.6 Å². The molecule has 4 atom stereocenters. The SMILES string of the molecule is O=C1C2C3C=CC(O3)C2C(=O)N1c1ccc(S)cc1. The Labute approximate surface area is 115 Å². The van der Waals surface area contributed by atoms with Gasteiger partial charge in [-0.2, -0.15) is 0 Å². The maximum atomic E-state index is 12.4. The number of rotatable bonds is 1. The predicted octanol–water partition coefficient (Wildman–Crippen LogP) is 1.42. The van der Waals surface area contributed by atoms with E-state index in [0.717, 1.165) is 4.90 Å². The van der Waals surface area contributed by atoms with Gasteiger partial charge in [-0.1, -0.05) is 12.2 Å². The zero-order valence-electron chi connectivity index (χ0n) is 9.89. The minimum Gasteiger partial charge on any atom is -0.365 e. The van der Waals surface area contributed by atoms with Crippen molar-refractivity contribution in [3.05, 3.63) is 36.4 Å². The third-order valence-corrected chi connectivity index (χ3v) is 4.32. The number of fused-ring (bicyclic) bond motifs is 5. The van der Waals surface area contributed by atoms with Crippen molar-refractivity contribution in [2.45, 2.75) is 17.1 Å². The fourth-order valence-corrected chi connectivity index (χ4v) is 3.31. The van der Waals surface area contributed by atoms with Crippen LogP contribution in [0.15, 0.2) is 41.3 Å². The number of ether oxygens (including phenoxy) is 1. The third kappa shape index (κ3) is 1.40. The molecule has 1 aromatic rings. The molecule has 2 saturated heterocycles. The molecule has 5 heteroatoms. The van der Waals surface area contributed by atoms with Gasteiger partial charge in [0.25, 0.3) is 0 Å². The standard InChI is InChI=1S/C14H11NO3S/c16-13-11-9-5-6-10(18-9)12(11)14(17)15(13)7-1-3-8(19)4-2-7/h1-6,9-12,19H. The molecule has 0 aromatic heterocycles. The molecular formula is C14H11NO3S. The highest BCUT2D eigenvalue weighted by Gasteiger charge is 2.60. The summed E-state index contributed by atoms with van der Waals surface area (Å²) >= 11 is 4.20. The van der Waals surface area contributed by atoms with Crippen molar-refractivity contribution in [1.82, 2.24) is 0 Å². The molecule has 4 nitrogen and oxygen atoms in total. The molecule has 0 spiro atoms. The number of carbonyl (C=O) groups is 2. The summed E-state index contributed by atoms with van der Waals surface area (Å²) in [6, 6.07) is 7.04. The summed E-state index contributed by atoms with van der Waals surface area (Å²) in [6.07, 6.45) is 3.30. The first-order valence-corrected chi connectivity index (χ1v) is 6.62. The van der Waals surface area contributed by atoms with Crippen molar-refractivity contribution in [2.75, 3.05) is 4.90 Å². The Kier molecular flexibility index (Phi) is 2.20. The summed E-state index contributed by atoms with van der Waals surface area (Å²) in [7, 11) is 0. The van der Waals surface area contributed by atoms with Crippen molar-refractivity contribution >= 4 is 30.1 Å². The molecule has 1 aromatic carbocycles. The quantitative estimate of drug-likeness (QED) is 0.478. The Bertz CT molecular complexity index is 580. The third-order valence-electron chi connectivity index (χ3n) is 4.02. The topological polar surface area (TPSA) is 46.6 Å². The van der Waals surface area contributed by atoms with Crippen molar-refractivity contribution < 1.29 is 14.3 Å². The Morgan fingerprint density at radius 3 is 2.00 bits per heavy atom. The van der Waals surface area contributed by atoms with Crippen LogP contribution in [0.2, 0.25) is 0 Å². The van der Waals surface area contributed by atoms with E-state index in [0.29, 0.717) is 5.69 Å². The molecule has 0 aliphatic carbocycles. The maximum absolute atomic E-state index is 12.4. The molecule has 0 N–H and O–H groups in total. The molecule has 4 unspecified atom stereocenters. The van der Waals surface area contributed by atoms with Gasteiger partial charge in [0, 0.05) is 4.90 Å².